The summed E-state index contributed by atoms with van der Waals surface area (Å²) in [6.45, 7) is 2.21. The van der Waals surface area contributed by atoms with E-state index in [1.807, 2.05) is 17.0 Å². The number of aromatic nitrogens is 3. The molecule has 10 heteroatoms. The topological polar surface area (TPSA) is 68.9 Å². The highest BCUT2D eigenvalue weighted by atomic mass is 32.1. The molecule has 3 heterocycles. The van der Waals surface area contributed by atoms with Gasteiger partial charge in [0.1, 0.15) is 17.6 Å². The third kappa shape index (κ3) is 3.34. The molecule has 3 rings (SSSR count). The number of nitrogens with zero attached hydrogens (tertiary/aromatic N) is 6. The Bertz CT molecular complexity index is 730. The van der Waals surface area contributed by atoms with E-state index in [-0.39, 0.29) is 5.13 Å². The monoisotopic (exact) mass is 340 g/mol. The summed E-state index contributed by atoms with van der Waals surface area (Å²) < 4.78 is 37.7. The van der Waals surface area contributed by atoms with E-state index < -0.39 is 11.2 Å². The van der Waals surface area contributed by atoms with Crippen LogP contribution in [-0.4, -0.2) is 41.4 Å². The van der Waals surface area contributed by atoms with Crippen LogP contribution in [0.2, 0.25) is 0 Å². The Morgan fingerprint density at radius 2 is 1.78 bits per heavy atom. The van der Waals surface area contributed by atoms with Gasteiger partial charge in [0, 0.05) is 26.2 Å². The molecule has 0 aliphatic carbocycles. The van der Waals surface area contributed by atoms with Crippen molar-refractivity contribution < 1.29 is 13.2 Å². The first-order valence-corrected chi connectivity index (χ1v) is 7.57. The van der Waals surface area contributed by atoms with Crippen LogP contribution in [0.3, 0.4) is 0 Å². The lowest BCUT2D eigenvalue weighted by Crippen LogP contribution is -2.46. The minimum absolute atomic E-state index is 0.274. The Morgan fingerprint density at radius 1 is 1.09 bits per heavy atom. The highest BCUT2D eigenvalue weighted by Crippen LogP contribution is 2.34. The Labute approximate surface area is 133 Å². The molecule has 0 unspecified atom stereocenters. The van der Waals surface area contributed by atoms with Gasteiger partial charge in [0.2, 0.25) is 10.1 Å². The molecule has 1 fully saturated rings. The molecule has 0 saturated carbocycles. The maximum atomic E-state index is 12.6. The van der Waals surface area contributed by atoms with E-state index >= 15 is 0 Å². The van der Waals surface area contributed by atoms with Gasteiger partial charge in [-0.25, -0.2) is 4.98 Å². The van der Waals surface area contributed by atoms with Gasteiger partial charge < -0.3 is 9.80 Å². The van der Waals surface area contributed by atoms with Crippen LogP contribution < -0.4 is 9.80 Å². The maximum Gasteiger partial charge on any atom is 0.445 e. The third-order valence-corrected chi connectivity index (χ3v) is 4.41. The number of hydrogen-bond donors (Lipinski definition) is 0. The molecule has 23 heavy (non-hydrogen) atoms. The van der Waals surface area contributed by atoms with Gasteiger partial charge in [-0.15, -0.1) is 10.2 Å². The second-order valence-electron chi connectivity index (χ2n) is 4.85. The summed E-state index contributed by atoms with van der Waals surface area (Å²) in [5.41, 5.74) is 0.337. The van der Waals surface area contributed by atoms with Gasteiger partial charge in [0.15, 0.2) is 0 Å². The van der Waals surface area contributed by atoms with Gasteiger partial charge in [0.05, 0.1) is 0 Å². The maximum absolute atomic E-state index is 12.6. The average molecular weight is 340 g/mol. The van der Waals surface area contributed by atoms with Crippen LogP contribution in [0.1, 0.15) is 10.7 Å². The van der Waals surface area contributed by atoms with E-state index in [1.54, 1.807) is 17.0 Å². The summed E-state index contributed by atoms with van der Waals surface area (Å²) in [7, 11) is 0. The average Bonchev–Trinajstić information content (AvgIpc) is 3.05. The van der Waals surface area contributed by atoms with Crippen LogP contribution >= 0.6 is 11.3 Å². The van der Waals surface area contributed by atoms with Crippen LogP contribution in [0.15, 0.2) is 18.2 Å². The largest absolute Gasteiger partial charge is 0.445 e. The van der Waals surface area contributed by atoms with Crippen LogP contribution in [-0.2, 0) is 6.18 Å². The first-order valence-electron chi connectivity index (χ1n) is 6.75. The highest BCUT2D eigenvalue weighted by Gasteiger charge is 2.36. The second-order valence-corrected chi connectivity index (χ2v) is 5.81. The second kappa shape index (κ2) is 6.00. The number of alkyl halides is 3. The summed E-state index contributed by atoms with van der Waals surface area (Å²) in [4.78, 5) is 7.99. The SMILES string of the molecule is N#Cc1cccc(N2CCN(c3nnc(C(F)(F)F)s3)CC2)n1. The smallest absolute Gasteiger partial charge is 0.353 e. The van der Waals surface area contributed by atoms with Crippen molar-refractivity contribution in [2.24, 2.45) is 0 Å². The van der Waals surface area contributed by atoms with E-state index in [0.717, 1.165) is 0 Å². The molecule has 1 saturated heterocycles. The van der Waals surface area contributed by atoms with Gasteiger partial charge in [-0.3, -0.25) is 0 Å². The lowest BCUT2D eigenvalue weighted by molar-refractivity contribution is -0.138. The van der Waals surface area contributed by atoms with Gasteiger partial charge in [-0.2, -0.15) is 18.4 Å². The van der Waals surface area contributed by atoms with Crippen LogP contribution in [0.5, 0.6) is 0 Å². The summed E-state index contributed by atoms with van der Waals surface area (Å²) in [5.74, 6) is 0.692. The number of nitriles is 1. The van der Waals surface area contributed by atoms with Crippen LogP contribution in [0, 0.1) is 11.3 Å². The van der Waals surface area contributed by atoms with E-state index in [9.17, 15) is 13.2 Å². The Kier molecular flexibility index (Phi) is 4.04. The van der Waals surface area contributed by atoms with Crippen molar-refractivity contribution in [1.82, 2.24) is 15.2 Å². The van der Waals surface area contributed by atoms with Gasteiger partial charge in [-0.1, -0.05) is 17.4 Å². The number of halogens is 3. The summed E-state index contributed by atoms with van der Waals surface area (Å²) in [6, 6.07) is 7.18. The standard InChI is InChI=1S/C13H11F3N6S/c14-13(15,16)11-19-20-12(23-11)22-6-4-21(5-7-22)10-3-1-2-9(8-17)18-10/h1-3H,4-7H2. The van der Waals surface area contributed by atoms with Crippen molar-refractivity contribution in [3.63, 3.8) is 0 Å². The molecule has 2 aromatic heterocycles. The highest BCUT2D eigenvalue weighted by molar-refractivity contribution is 7.15. The Morgan fingerprint density at radius 3 is 2.39 bits per heavy atom. The van der Waals surface area contributed by atoms with Crippen molar-refractivity contribution in [3.8, 4) is 6.07 Å². The number of anilines is 2. The molecule has 0 atom stereocenters. The molecule has 0 N–H and O–H groups in total. The number of pyridine rings is 1. The molecule has 0 spiro atoms. The number of rotatable bonds is 2. The van der Waals surface area contributed by atoms with Crippen molar-refractivity contribution >= 4 is 22.3 Å². The van der Waals surface area contributed by atoms with Crippen LogP contribution in [0.4, 0.5) is 24.1 Å². The van der Waals surface area contributed by atoms with Gasteiger partial charge >= 0.3 is 6.18 Å². The van der Waals surface area contributed by atoms with Crippen molar-refractivity contribution in [2.75, 3.05) is 36.0 Å². The minimum atomic E-state index is -4.46. The van der Waals surface area contributed by atoms with E-state index in [0.29, 0.717) is 49.0 Å². The summed E-state index contributed by atoms with van der Waals surface area (Å²) >= 11 is 0.551. The Balaban J connectivity index is 1.66. The fourth-order valence-corrected chi connectivity index (χ4v) is 3.01. The molecular weight excluding hydrogens is 329 g/mol. The number of hydrogen-bond acceptors (Lipinski definition) is 7. The first kappa shape index (κ1) is 15.5. The molecule has 0 aromatic carbocycles. The zero-order valence-corrected chi connectivity index (χ0v) is 12.6. The number of piperazine rings is 1. The fourth-order valence-electron chi connectivity index (χ4n) is 2.25. The zero-order valence-electron chi connectivity index (χ0n) is 11.8. The van der Waals surface area contributed by atoms with E-state index in [1.165, 1.54) is 0 Å². The first-order chi connectivity index (χ1) is 11.0. The van der Waals surface area contributed by atoms with Crippen molar-refractivity contribution in [3.05, 3.63) is 28.9 Å². The minimum Gasteiger partial charge on any atom is -0.353 e. The Hall–Kier alpha value is -2.41. The van der Waals surface area contributed by atoms with Crippen LogP contribution in [0.25, 0.3) is 0 Å². The van der Waals surface area contributed by atoms with Gasteiger partial charge in [0.25, 0.3) is 0 Å². The molecule has 0 radical (unpaired) electrons. The molecule has 0 bridgehead atoms. The van der Waals surface area contributed by atoms with E-state index in [4.69, 9.17) is 5.26 Å². The molecule has 120 valence electrons. The summed E-state index contributed by atoms with van der Waals surface area (Å²) in [5, 5.41) is 15.0. The van der Waals surface area contributed by atoms with Crippen molar-refractivity contribution in [2.45, 2.75) is 6.18 Å². The summed E-state index contributed by atoms with van der Waals surface area (Å²) in [6.07, 6.45) is -4.46. The predicted octanol–water partition coefficient (Wildman–Crippen LogP) is 2.15. The lowest BCUT2D eigenvalue weighted by atomic mass is 10.3. The predicted molar refractivity (Wildman–Crippen MR) is 78.3 cm³/mol. The molecule has 1 aliphatic heterocycles. The molecular formula is C13H11F3N6S. The molecule has 2 aromatic rings. The molecule has 6 nitrogen and oxygen atoms in total. The fraction of sp³-hybridized carbons (Fsp3) is 0.385. The van der Waals surface area contributed by atoms with Gasteiger partial charge in [-0.05, 0) is 12.1 Å². The lowest BCUT2D eigenvalue weighted by Gasteiger charge is -2.35. The van der Waals surface area contributed by atoms with Crippen molar-refractivity contribution in [1.29, 1.82) is 5.26 Å². The molecule has 1 aliphatic rings. The van der Waals surface area contributed by atoms with E-state index in [2.05, 4.69) is 15.2 Å². The zero-order chi connectivity index (χ0) is 16.4. The molecule has 0 amide bonds. The third-order valence-electron chi connectivity index (χ3n) is 3.38. The quantitative estimate of drug-likeness (QED) is 0.834. The normalized spacial score (nSPS) is 15.6.